The molecule has 2 saturated heterocycles. The number of hydrogen-bond acceptors (Lipinski definition) is 16. The first-order chi connectivity index (χ1) is 17.2. The number of nitrogens with one attached hydrogen (secondary N) is 1. The van der Waals surface area contributed by atoms with Gasteiger partial charge in [0, 0.05) is 12.6 Å². The average Bonchev–Trinajstić information content (AvgIpc) is 3.09. The second-order valence-corrected chi connectivity index (χ2v) is 10.5. The third-order valence-corrected chi connectivity index (χ3v) is 7.36. The highest BCUT2D eigenvalue weighted by Gasteiger charge is 2.52. The lowest BCUT2D eigenvalue weighted by molar-refractivity contribution is -0.284. The maximum Gasteiger partial charge on any atom is 0.474 e. The lowest BCUT2D eigenvalue weighted by atomic mass is 9.90. The molecule has 3 heterocycles. The van der Waals surface area contributed by atoms with Crippen LogP contribution in [0.5, 0.6) is 0 Å². The van der Waals surface area contributed by atoms with E-state index in [-0.39, 0.29) is 5.82 Å². The molecule has 0 radical (unpaired) electrons. The Morgan fingerprint density at radius 2 is 2.05 bits per heavy atom. The van der Waals surface area contributed by atoms with Crippen molar-refractivity contribution in [2.45, 2.75) is 74.1 Å². The standard InChI is InChI=1S/C18H31N4O13PS/c1-18(4-7(24)11(21-37)15(34-18)12(26)8(25)5-23)35-36(30,31)32-6-9-13(27)14(28)16(33-9)22-3-2-10(19)20-17(22)29/h2-3,7-9,11-16,21,23-28,37H,4-6H2,1H3,(H,30,31)(H2,19,20,29). The Morgan fingerprint density at radius 3 is 2.65 bits per heavy atom. The van der Waals surface area contributed by atoms with Crippen LogP contribution in [-0.2, 0) is 23.1 Å². The summed E-state index contributed by atoms with van der Waals surface area (Å²) >= 11 is 3.86. The molecule has 2 aliphatic heterocycles. The molecule has 0 aromatic carbocycles. The van der Waals surface area contributed by atoms with Crippen molar-refractivity contribution in [3.63, 3.8) is 0 Å². The van der Waals surface area contributed by atoms with Gasteiger partial charge < -0.3 is 50.7 Å². The molecule has 212 valence electrons. The number of nitrogen functional groups attached to an aromatic ring is 1. The Labute approximate surface area is 215 Å². The predicted molar refractivity (Wildman–Crippen MR) is 125 cm³/mol. The number of phosphoric acid groups is 1. The number of aliphatic hydroxyl groups is 6. The summed E-state index contributed by atoms with van der Waals surface area (Å²) in [6.07, 6.45) is -11.5. The molecule has 11 unspecified atom stereocenters. The Bertz CT molecular complexity index is 1040. The van der Waals surface area contributed by atoms with Crippen LogP contribution in [0.4, 0.5) is 5.82 Å². The fourth-order valence-corrected chi connectivity index (χ4v) is 5.43. The lowest BCUT2D eigenvalue weighted by Gasteiger charge is -2.46. The molecule has 0 bridgehead atoms. The van der Waals surface area contributed by atoms with Crippen molar-refractivity contribution in [1.29, 1.82) is 0 Å². The molecular formula is C18H31N4O13PS. The zero-order valence-electron chi connectivity index (χ0n) is 19.4. The van der Waals surface area contributed by atoms with Crippen LogP contribution in [0.2, 0.25) is 0 Å². The van der Waals surface area contributed by atoms with Crippen LogP contribution in [0.3, 0.4) is 0 Å². The predicted octanol–water partition coefficient (Wildman–Crippen LogP) is -4.04. The van der Waals surface area contributed by atoms with Gasteiger partial charge in [-0.3, -0.25) is 18.3 Å². The smallest absolute Gasteiger partial charge is 0.394 e. The van der Waals surface area contributed by atoms with Crippen molar-refractivity contribution in [3.05, 3.63) is 22.7 Å². The van der Waals surface area contributed by atoms with Crippen molar-refractivity contribution in [3.8, 4) is 0 Å². The van der Waals surface area contributed by atoms with Crippen molar-refractivity contribution in [2.75, 3.05) is 18.9 Å². The molecule has 0 aliphatic carbocycles. The van der Waals surface area contributed by atoms with E-state index >= 15 is 0 Å². The number of anilines is 1. The van der Waals surface area contributed by atoms with Crippen LogP contribution in [0.15, 0.2) is 17.1 Å². The first-order valence-electron chi connectivity index (χ1n) is 11.0. The molecule has 2 aliphatic rings. The highest BCUT2D eigenvalue weighted by Crippen LogP contribution is 2.51. The molecule has 0 saturated carbocycles. The van der Waals surface area contributed by atoms with Crippen LogP contribution in [0.25, 0.3) is 0 Å². The Kier molecular flexibility index (Phi) is 9.74. The maximum absolute atomic E-state index is 12.7. The molecule has 17 nitrogen and oxygen atoms in total. The monoisotopic (exact) mass is 574 g/mol. The highest BCUT2D eigenvalue weighted by molar-refractivity contribution is 7.78. The van der Waals surface area contributed by atoms with Gasteiger partial charge in [-0.1, -0.05) is 12.8 Å². The van der Waals surface area contributed by atoms with Gasteiger partial charge in [-0.15, -0.1) is 0 Å². The van der Waals surface area contributed by atoms with Gasteiger partial charge in [0.1, 0.15) is 42.4 Å². The SMILES string of the molecule is CC1(OP(=O)(O)OCC2OC(n3ccc(N)nc3=O)C(O)C2O)CC(O)C(NS)C(C(O)C(O)CO)O1. The quantitative estimate of drug-likeness (QED) is 0.0941. The number of nitrogens with two attached hydrogens (primary N) is 1. The number of aromatic nitrogens is 2. The van der Waals surface area contributed by atoms with E-state index in [2.05, 4.69) is 22.5 Å². The summed E-state index contributed by atoms with van der Waals surface area (Å²) in [4.78, 5) is 25.8. The summed E-state index contributed by atoms with van der Waals surface area (Å²) in [5.74, 6) is -2.11. The first-order valence-corrected chi connectivity index (χ1v) is 12.9. The van der Waals surface area contributed by atoms with Gasteiger partial charge in [-0.2, -0.15) is 4.98 Å². The van der Waals surface area contributed by atoms with E-state index in [1.54, 1.807) is 0 Å². The van der Waals surface area contributed by atoms with Crippen molar-refractivity contribution in [2.24, 2.45) is 0 Å². The van der Waals surface area contributed by atoms with E-state index in [1.807, 2.05) is 0 Å². The zero-order valence-corrected chi connectivity index (χ0v) is 21.2. The molecule has 2 fully saturated rings. The fraction of sp³-hybridized carbons (Fsp3) is 0.778. The number of aliphatic hydroxyl groups excluding tert-OH is 6. The van der Waals surface area contributed by atoms with Crippen molar-refractivity contribution < 1.29 is 58.6 Å². The number of ether oxygens (including phenoxy) is 2. The normalized spacial score (nSPS) is 37.7. The highest BCUT2D eigenvalue weighted by atomic mass is 32.1. The van der Waals surface area contributed by atoms with Gasteiger partial charge in [0.2, 0.25) is 0 Å². The van der Waals surface area contributed by atoms with E-state index in [1.165, 1.54) is 19.2 Å². The van der Waals surface area contributed by atoms with E-state index in [0.29, 0.717) is 0 Å². The molecule has 10 N–H and O–H groups in total. The lowest BCUT2D eigenvalue weighted by Crippen LogP contribution is -2.63. The molecular weight excluding hydrogens is 543 g/mol. The summed E-state index contributed by atoms with van der Waals surface area (Å²) in [5.41, 5.74) is 4.56. The average molecular weight is 575 g/mol. The summed E-state index contributed by atoms with van der Waals surface area (Å²) in [5, 5.41) is 60.3. The van der Waals surface area contributed by atoms with Gasteiger partial charge in [0.25, 0.3) is 0 Å². The second kappa shape index (κ2) is 11.9. The Morgan fingerprint density at radius 1 is 1.38 bits per heavy atom. The number of phosphoric ester groups is 1. The topological polar surface area (TPSA) is 269 Å². The minimum absolute atomic E-state index is 0.0758. The molecule has 3 rings (SSSR count). The van der Waals surface area contributed by atoms with Gasteiger partial charge in [0.15, 0.2) is 12.0 Å². The first kappa shape index (κ1) is 30.3. The third-order valence-electron chi connectivity index (χ3n) is 5.97. The summed E-state index contributed by atoms with van der Waals surface area (Å²) in [6, 6.07) is 0.196. The third kappa shape index (κ3) is 6.87. The van der Waals surface area contributed by atoms with Crippen LogP contribution in [0.1, 0.15) is 19.6 Å². The zero-order chi connectivity index (χ0) is 27.7. The molecule has 11 atom stereocenters. The molecule has 0 amide bonds. The largest absolute Gasteiger partial charge is 0.474 e. The maximum atomic E-state index is 12.7. The van der Waals surface area contributed by atoms with E-state index < -0.39 is 93.9 Å². The van der Waals surface area contributed by atoms with Crippen LogP contribution >= 0.6 is 20.6 Å². The van der Waals surface area contributed by atoms with Crippen LogP contribution in [0, 0.1) is 0 Å². The Balaban J connectivity index is 1.67. The number of rotatable bonds is 10. The van der Waals surface area contributed by atoms with Crippen LogP contribution < -0.4 is 16.1 Å². The molecule has 37 heavy (non-hydrogen) atoms. The van der Waals surface area contributed by atoms with Gasteiger partial charge >= 0.3 is 13.5 Å². The summed E-state index contributed by atoms with van der Waals surface area (Å²) < 4.78 is 37.0. The number of hydrogen-bond donors (Lipinski definition) is 10. The molecule has 19 heteroatoms. The van der Waals surface area contributed by atoms with Crippen molar-refractivity contribution in [1.82, 2.24) is 14.3 Å². The van der Waals surface area contributed by atoms with E-state index in [0.717, 1.165) is 4.57 Å². The van der Waals surface area contributed by atoms with E-state index in [9.17, 15) is 39.8 Å². The summed E-state index contributed by atoms with van der Waals surface area (Å²) in [6.45, 7) is -0.456. The van der Waals surface area contributed by atoms with Crippen LogP contribution in [-0.4, -0.2) is 113 Å². The molecule has 1 aromatic rings. The number of thiol groups is 1. The van der Waals surface area contributed by atoms with Gasteiger partial charge in [-0.25, -0.2) is 9.36 Å². The minimum Gasteiger partial charge on any atom is -0.394 e. The molecule has 0 spiro atoms. The van der Waals surface area contributed by atoms with Gasteiger partial charge in [-0.05, 0) is 13.0 Å². The van der Waals surface area contributed by atoms with E-state index in [4.69, 9.17) is 29.4 Å². The number of nitrogens with zero attached hydrogens (tertiary/aromatic N) is 2. The molecule has 1 aromatic heterocycles. The fourth-order valence-electron chi connectivity index (χ4n) is 4.12. The van der Waals surface area contributed by atoms with Crippen molar-refractivity contribution >= 4 is 26.5 Å². The summed E-state index contributed by atoms with van der Waals surface area (Å²) in [7, 11) is -5.01. The van der Waals surface area contributed by atoms with Gasteiger partial charge in [0.05, 0.1) is 25.4 Å². The second-order valence-electron chi connectivity index (χ2n) is 8.83. The Hall–Kier alpha value is -1.22. The minimum atomic E-state index is -5.01.